The van der Waals surface area contributed by atoms with Crippen LogP contribution >= 0.6 is 0 Å². The Morgan fingerprint density at radius 3 is 2.61 bits per heavy atom. The smallest absolute Gasteiger partial charge is 0.313 e. The summed E-state index contributed by atoms with van der Waals surface area (Å²) in [5.74, 6) is -0.695. The number of rotatable bonds is 5. The Bertz CT molecular complexity index is 1240. The minimum atomic E-state index is -0.740. The first-order valence-corrected chi connectivity index (χ1v) is 11.0. The van der Waals surface area contributed by atoms with E-state index in [1.165, 1.54) is 0 Å². The van der Waals surface area contributed by atoms with E-state index < -0.39 is 11.8 Å². The van der Waals surface area contributed by atoms with E-state index in [4.69, 9.17) is 4.42 Å². The van der Waals surface area contributed by atoms with Crippen molar-refractivity contribution >= 4 is 29.1 Å². The highest BCUT2D eigenvalue weighted by molar-refractivity contribution is 6.39. The number of amides is 3. The molecule has 0 fully saturated rings. The number of hydrogen-bond acceptors (Lipinski definition) is 5. The normalized spacial score (nSPS) is 15.3. The summed E-state index contributed by atoms with van der Waals surface area (Å²) in [6.07, 6.45) is 3.42. The number of carbonyl (C=O) groups excluding carboxylic acids is 3. The van der Waals surface area contributed by atoms with Crippen LogP contribution in [-0.2, 0) is 27.2 Å². The van der Waals surface area contributed by atoms with Crippen molar-refractivity contribution < 1.29 is 18.8 Å². The predicted molar refractivity (Wildman–Crippen MR) is 121 cm³/mol. The fourth-order valence-electron chi connectivity index (χ4n) is 4.74. The summed E-state index contributed by atoms with van der Waals surface area (Å²) in [5.41, 5.74) is 5.38. The van der Waals surface area contributed by atoms with Crippen LogP contribution in [0, 0.1) is 13.8 Å². The summed E-state index contributed by atoms with van der Waals surface area (Å²) >= 11 is 0. The average molecular weight is 447 g/mol. The topological polar surface area (TPSA) is 109 Å². The monoisotopic (exact) mass is 447 g/mol. The van der Waals surface area contributed by atoms with Crippen LogP contribution in [0.4, 0.5) is 11.4 Å². The second kappa shape index (κ2) is 8.23. The molecule has 0 bridgehead atoms. The van der Waals surface area contributed by atoms with Crippen molar-refractivity contribution in [2.45, 2.75) is 39.2 Å². The summed E-state index contributed by atoms with van der Waals surface area (Å²) in [6.45, 7) is 4.64. The molecule has 9 nitrogen and oxygen atoms in total. The minimum Gasteiger partial charge on any atom is -0.467 e. The van der Waals surface area contributed by atoms with E-state index in [-0.39, 0.29) is 18.5 Å². The van der Waals surface area contributed by atoms with Crippen LogP contribution in [-0.4, -0.2) is 40.6 Å². The lowest BCUT2D eigenvalue weighted by Crippen LogP contribution is -2.39. The van der Waals surface area contributed by atoms with Crippen LogP contribution in [0.1, 0.15) is 40.7 Å². The standard InChI is InChI=1S/C24H25N5O4/c1-14-10-15(2)29(27-14)19(20-4-3-9-33-20)13-25-23(31)24(32)26-18-11-16-5-6-21(30)28-8-7-17(12-18)22(16)28/h3-4,9-12,19H,5-8,13H2,1-2H3,(H,25,31)(H,26,32). The number of aromatic nitrogens is 2. The molecule has 1 unspecified atom stereocenters. The molecule has 2 N–H and O–H groups in total. The first kappa shape index (κ1) is 21.0. The lowest BCUT2D eigenvalue weighted by Gasteiger charge is -2.25. The molecule has 2 aliphatic rings. The van der Waals surface area contributed by atoms with Gasteiger partial charge in [0.1, 0.15) is 11.8 Å². The Balaban J connectivity index is 1.28. The van der Waals surface area contributed by atoms with E-state index in [0.29, 0.717) is 30.8 Å². The largest absolute Gasteiger partial charge is 0.467 e. The number of furan rings is 1. The van der Waals surface area contributed by atoms with Crippen molar-refractivity contribution in [3.63, 3.8) is 0 Å². The maximum absolute atomic E-state index is 12.6. The van der Waals surface area contributed by atoms with Crippen LogP contribution in [0.25, 0.3) is 0 Å². The van der Waals surface area contributed by atoms with Gasteiger partial charge in [-0.2, -0.15) is 5.10 Å². The zero-order valence-corrected chi connectivity index (χ0v) is 18.6. The summed E-state index contributed by atoms with van der Waals surface area (Å²) in [4.78, 5) is 39.1. The van der Waals surface area contributed by atoms with Crippen LogP contribution in [0.2, 0.25) is 0 Å². The van der Waals surface area contributed by atoms with Crippen molar-refractivity contribution in [3.05, 3.63) is 64.9 Å². The third-order valence-electron chi connectivity index (χ3n) is 6.18. The van der Waals surface area contributed by atoms with Gasteiger partial charge in [-0.1, -0.05) is 0 Å². The minimum absolute atomic E-state index is 0.145. The molecule has 0 saturated heterocycles. The van der Waals surface area contributed by atoms with Gasteiger partial charge in [-0.3, -0.25) is 19.1 Å². The van der Waals surface area contributed by atoms with Gasteiger partial charge in [0, 0.05) is 30.9 Å². The Morgan fingerprint density at radius 1 is 1.12 bits per heavy atom. The van der Waals surface area contributed by atoms with Gasteiger partial charge < -0.3 is 20.0 Å². The van der Waals surface area contributed by atoms with E-state index in [0.717, 1.165) is 34.6 Å². The molecule has 5 rings (SSSR count). The first-order valence-electron chi connectivity index (χ1n) is 11.0. The van der Waals surface area contributed by atoms with Gasteiger partial charge in [-0.25, -0.2) is 0 Å². The highest BCUT2D eigenvalue weighted by atomic mass is 16.3. The molecule has 2 aromatic heterocycles. The fraction of sp³-hybridized carbons (Fsp3) is 0.333. The van der Waals surface area contributed by atoms with Crippen molar-refractivity contribution in [3.8, 4) is 0 Å². The fourth-order valence-corrected chi connectivity index (χ4v) is 4.74. The molecule has 4 heterocycles. The van der Waals surface area contributed by atoms with E-state index in [1.54, 1.807) is 17.0 Å². The first-order chi connectivity index (χ1) is 15.9. The van der Waals surface area contributed by atoms with E-state index in [9.17, 15) is 14.4 Å². The van der Waals surface area contributed by atoms with Crippen LogP contribution < -0.4 is 15.5 Å². The number of carbonyl (C=O) groups is 3. The molecule has 1 atom stereocenters. The number of nitrogens with one attached hydrogen (secondary N) is 2. The van der Waals surface area contributed by atoms with Gasteiger partial charge in [0.15, 0.2) is 0 Å². The second-order valence-electron chi connectivity index (χ2n) is 8.51. The summed E-state index contributed by atoms with van der Waals surface area (Å²) in [5, 5.41) is 9.92. The Kier molecular flexibility index (Phi) is 5.24. The summed E-state index contributed by atoms with van der Waals surface area (Å²) in [6, 6.07) is 8.87. The number of hydrogen-bond donors (Lipinski definition) is 2. The van der Waals surface area contributed by atoms with Gasteiger partial charge in [0.25, 0.3) is 0 Å². The van der Waals surface area contributed by atoms with Gasteiger partial charge in [-0.05, 0) is 68.1 Å². The molecule has 170 valence electrons. The SMILES string of the molecule is Cc1cc(C)n(C(CNC(=O)C(=O)Nc2cc3c4c(c2)CCN4C(=O)CC3)c2ccco2)n1. The molecule has 2 aliphatic heterocycles. The highest BCUT2D eigenvalue weighted by Gasteiger charge is 2.32. The van der Waals surface area contributed by atoms with Crippen molar-refractivity contribution in [2.75, 3.05) is 23.3 Å². The lowest BCUT2D eigenvalue weighted by molar-refractivity contribution is -0.136. The summed E-state index contributed by atoms with van der Waals surface area (Å²) in [7, 11) is 0. The van der Waals surface area contributed by atoms with Crippen LogP contribution in [0.5, 0.6) is 0 Å². The molecule has 3 amide bonds. The molecule has 1 aromatic carbocycles. The molecule has 33 heavy (non-hydrogen) atoms. The highest BCUT2D eigenvalue weighted by Crippen LogP contribution is 2.38. The van der Waals surface area contributed by atoms with E-state index in [1.807, 2.05) is 43.0 Å². The molecular formula is C24H25N5O4. The second-order valence-corrected chi connectivity index (χ2v) is 8.51. The lowest BCUT2D eigenvalue weighted by atomic mass is 9.98. The molecule has 0 radical (unpaired) electrons. The van der Waals surface area contributed by atoms with Gasteiger partial charge >= 0.3 is 11.8 Å². The van der Waals surface area contributed by atoms with Crippen molar-refractivity contribution in [1.29, 1.82) is 0 Å². The summed E-state index contributed by atoms with van der Waals surface area (Å²) < 4.78 is 7.33. The third-order valence-corrected chi connectivity index (χ3v) is 6.18. The molecular weight excluding hydrogens is 422 g/mol. The number of nitrogens with zero attached hydrogens (tertiary/aromatic N) is 3. The number of aryl methyl sites for hydroxylation is 3. The molecule has 3 aromatic rings. The third kappa shape index (κ3) is 3.90. The molecule has 0 spiro atoms. The van der Waals surface area contributed by atoms with E-state index in [2.05, 4.69) is 15.7 Å². The zero-order chi connectivity index (χ0) is 23.1. The maximum atomic E-state index is 12.6. The quantitative estimate of drug-likeness (QED) is 0.583. The van der Waals surface area contributed by atoms with Gasteiger partial charge in [0.2, 0.25) is 5.91 Å². The van der Waals surface area contributed by atoms with Crippen LogP contribution in [0.3, 0.4) is 0 Å². The van der Waals surface area contributed by atoms with Crippen molar-refractivity contribution in [2.24, 2.45) is 0 Å². The van der Waals surface area contributed by atoms with Gasteiger partial charge in [-0.15, -0.1) is 0 Å². The maximum Gasteiger partial charge on any atom is 0.313 e. The Labute approximate surface area is 190 Å². The Morgan fingerprint density at radius 2 is 1.91 bits per heavy atom. The number of benzene rings is 1. The van der Waals surface area contributed by atoms with Gasteiger partial charge in [0.05, 0.1) is 17.6 Å². The predicted octanol–water partition coefficient (Wildman–Crippen LogP) is 2.27. The number of anilines is 2. The molecule has 9 heteroatoms. The molecule has 0 aliphatic carbocycles. The molecule has 0 saturated carbocycles. The van der Waals surface area contributed by atoms with Crippen LogP contribution in [0.15, 0.2) is 41.0 Å². The van der Waals surface area contributed by atoms with Crippen molar-refractivity contribution in [1.82, 2.24) is 15.1 Å². The Hall–Kier alpha value is -3.88. The zero-order valence-electron chi connectivity index (χ0n) is 18.6. The average Bonchev–Trinajstić information content (AvgIpc) is 3.52. The van der Waals surface area contributed by atoms with E-state index >= 15 is 0 Å².